The van der Waals surface area contributed by atoms with Gasteiger partial charge >= 0.3 is 0 Å². The average Bonchev–Trinajstić information content (AvgIpc) is 3.15. The number of likely N-dealkylation sites (tertiary alicyclic amines) is 2. The Bertz CT molecular complexity index is 514. The number of rotatable bonds is 2. The van der Waals surface area contributed by atoms with Crippen LogP contribution in [0.2, 0.25) is 0 Å². The van der Waals surface area contributed by atoms with Gasteiger partial charge in [-0.2, -0.15) is 0 Å². The molecule has 3 heterocycles. The van der Waals surface area contributed by atoms with Crippen LogP contribution in [0.25, 0.3) is 0 Å². The van der Waals surface area contributed by atoms with Crippen LogP contribution in [0.5, 0.6) is 0 Å². The second-order valence-corrected chi connectivity index (χ2v) is 5.58. The summed E-state index contributed by atoms with van der Waals surface area (Å²) in [5, 5.41) is 2.71. The van der Waals surface area contributed by atoms with Gasteiger partial charge in [-0.1, -0.05) is 0 Å². The minimum atomic E-state index is -0.0684. The van der Waals surface area contributed by atoms with Gasteiger partial charge in [0.25, 0.3) is 5.91 Å². The highest BCUT2D eigenvalue weighted by atomic mass is 16.3. The third-order valence-corrected chi connectivity index (χ3v) is 4.55. The van der Waals surface area contributed by atoms with E-state index in [0.717, 1.165) is 6.42 Å². The van der Waals surface area contributed by atoms with E-state index in [0.29, 0.717) is 24.6 Å². The number of carbonyl (C=O) groups excluding carboxylic acids is 2. The van der Waals surface area contributed by atoms with Crippen LogP contribution >= 0.6 is 0 Å². The van der Waals surface area contributed by atoms with Crippen molar-refractivity contribution in [3.63, 3.8) is 0 Å². The van der Waals surface area contributed by atoms with Crippen molar-refractivity contribution in [1.82, 2.24) is 15.1 Å². The summed E-state index contributed by atoms with van der Waals surface area (Å²) in [6.45, 7) is 1.39. The number of furan rings is 1. The largest absolute Gasteiger partial charge is 0.472 e. The molecule has 2 fully saturated rings. The molecule has 2 amide bonds. The second-order valence-electron chi connectivity index (χ2n) is 5.58. The van der Waals surface area contributed by atoms with Gasteiger partial charge < -0.3 is 14.6 Å². The molecule has 2 saturated heterocycles. The van der Waals surface area contributed by atoms with Crippen molar-refractivity contribution in [3.8, 4) is 0 Å². The minimum Gasteiger partial charge on any atom is -0.472 e. The van der Waals surface area contributed by atoms with Gasteiger partial charge in [-0.15, -0.1) is 0 Å². The molecular weight excluding hydrogens is 258 g/mol. The fraction of sp³-hybridized carbons (Fsp3) is 0.571. The number of nitrogens with one attached hydrogen (secondary N) is 1. The van der Waals surface area contributed by atoms with E-state index in [1.165, 1.54) is 12.5 Å². The van der Waals surface area contributed by atoms with Crippen LogP contribution in [0.3, 0.4) is 0 Å². The van der Waals surface area contributed by atoms with Gasteiger partial charge in [0, 0.05) is 26.2 Å². The number of amides is 2. The lowest BCUT2D eigenvalue weighted by molar-refractivity contribution is -0.125. The van der Waals surface area contributed by atoms with E-state index in [2.05, 4.69) is 10.2 Å². The normalized spacial score (nSPS) is 29.5. The van der Waals surface area contributed by atoms with E-state index in [-0.39, 0.29) is 23.9 Å². The molecule has 2 aliphatic heterocycles. The topological polar surface area (TPSA) is 65.8 Å². The average molecular weight is 277 g/mol. The quantitative estimate of drug-likeness (QED) is 0.837. The van der Waals surface area contributed by atoms with Crippen molar-refractivity contribution >= 4 is 11.8 Å². The molecule has 108 valence electrons. The predicted octanol–water partition coefficient (Wildman–Crippen LogP) is 0.170. The number of hydrogen-bond donors (Lipinski definition) is 1. The van der Waals surface area contributed by atoms with Crippen LogP contribution in [-0.2, 0) is 4.79 Å². The molecule has 0 aromatic carbocycles. The summed E-state index contributed by atoms with van der Waals surface area (Å²) in [7, 11) is 3.63. The van der Waals surface area contributed by atoms with Crippen LogP contribution in [0.15, 0.2) is 23.0 Å². The first-order valence-corrected chi connectivity index (χ1v) is 6.87. The Balaban J connectivity index is 1.68. The van der Waals surface area contributed by atoms with Crippen LogP contribution in [0, 0.1) is 5.92 Å². The van der Waals surface area contributed by atoms with E-state index >= 15 is 0 Å². The molecule has 6 nitrogen and oxygen atoms in total. The molecule has 1 N–H and O–H groups in total. The number of likely N-dealkylation sites (N-methyl/N-ethyl adjacent to an activating group) is 2. The summed E-state index contributed by atoms with van der Waals surface area (Å²) in [6, 6.07) is 1.89. The standard InChI is InChI=1S/C14H19N3O3/c1-15-13(18)11-5-10-6-17(7-12(10)16(11)2)14(19)9-3-4-20-8-9/h3-4,8,10-12H,5-7H2,1-2H3,(H,15,18)/t10-,11-,12+/m1/s1. The van der Waals surface area contributed by atoms with Crippen LogP contribution in [0.4, 0.5) is 0 Å². The maximum Gasteiger partial charge on any atom is 0.257 e. The monoisotopic (exact) mass is 277 g/mol. The molecule has 0 spiro atoms. The summed E-state index contributed by atoms with van der Waals surface area (Å²) in [5.41, 5.74) is 0.593. The fourth-order valence-corrected chi connectivity index (χ4v) is 3.42. The van der Waals surface area contributed by atoms with E-state index in [1.54, 1.807) is 13.1 Å². The summed E-state index contributed by atoms with van der Waals surface area (Å²) in [4.78, 5) is 28.1. The second kappa shape index (κ2) is 4.94. The lowest BCUT2D eigenvalue weighted by Gasteiger charge is -2.25. The molecule has 2 aliphatic rings. The highest BCUT2D eigenvalue weighted by molar-refractivity contribution is 5.94. The van der Waals surface area contributed by atoms with Crippen molar-refractivity contribution in [2.45, 2.75) is 18.5 Å². The smallest absolute Gasteiger partial charge is 0.257 e. The third kappa shape index (κ3) is 2.00. The molecule has 0 bridgehead atoms. The Hall–Kier alpha value is -1.82. The molecule has 3 rings (SSSR count). The SMILES string of the molecule is CNC(=O)[C@H]1C[C@@H]2CN(C(=O)c3ccoc3)C[C@@H]2N1C. The Morgan fingerprint density at radius 2 is 2.20 bits per heavy atom. The summed E-state index contributed by atoms with van der Waals surface area (Å²) >= 11 is 0. The highest BCUT2D eigenvalue weighted by Gasteiger charge is 2.48. The molecule has 20 heavy (non-hydrogen) atoms. The van der Waals surface area contributed by atoms with Gasteiger partial charge in [0.15, 0.2) is 0 Å². The van der Waals surface area contributed by atoms with Gasteiger partial charge in [-0.05, 0) is 25.5 Å². The van der Waals surface area contributed by atoms with Crippen molar-refractivity contribution in [3.05, 3.63) is 24.2 Å². The van der Waals surface area contributed by atoms with Crippen molar-refractivity contribution in [2.75, 3.05) is 27.2 Å². The van der Waals surface area contributed by atoms with E-state index < -0.39 is 0 Å². The lowest BCUT2D eigenvalue weighted by atomic mass is 10.0. The van der Waals surface area contributed by atoms with Gasteiger partial charge in [0.1, 0.15) is 6.26 Å². The predicted molar refractivity (Wildman–Crippen MR) is 72.1 cm³/mol. The summed E-state index contributed by atoms with van der Waals surface area (Å²) in [6.07, 6.45) is 3.81. The van der Waals surface area contributed by atoms with Crippen LogP contribution < -0.4 is 5.32 Å². The maximum atomic E-state index is 12.3. The Morgan fingerprint density at radius 3 is 2.80 bits per heavy atom. The Labute approximate surface area is 117 Å². The number of fused-ring (bicyclic) bond motifs is 1. The molecule has 3 atom stereocenters. The first-order valence-electron chi connectivity index (χ1n) is 6.87. The molecule has 0 radical (unpaired) electrons. The molecule has 6 heteroatoms. The van der Waals surface area contributed by atoms with Gasteiger partial charge in [0.2, 0.25) is 5.91 Å². The minimum absolute atomic E-state index is 0.0121. The molecule has 1 aromatic rings. The molecule has 0 saturated carbocycles. The number of hydrogen-bond acceptors (Lipinski definition) is 4. The molecule has 0 aliphatic carbocycles. The van der Waals surface area contributed by atoms with Crippen molar-refractivity contribution in [2.24, 2.45) is 5.92 Å². The Kier molecular flexibility index (Phi) is 3.25. The van der Waals surface area contributed by atoms with Gasteiger partial charge in [-0.3, -0.25) is 14.5 Å². The molecule has 1 aromatic heterocycles. The lowest BCUT2D eigenvalue weighted by Crippen LogP contribution is -2.45. The summed E-state index contributed by atoms with van der Waals surface area (Å²) in [5.74, 6) is 0.450. The first-order chi connectivity index (χ1) is 9.61. The maximum absolute atomic E-state index is 12.3. The highest BCUT2D eigenvalue weighted by Crippen LogP contribution is 2.35. The van der Waals surface area contributed by atoms with Crippen molar-refractivity contribution in [1.29, 1.82) is 0 Å². The van der Waals surface area contributed by atoms with Gasteiger partial charge in [-0.25, -0.2) is 0 Å². The van der Waals surface area contributed by atoms with Crippen LogP contribution in [-0.4, -0.2) is 60.9 Å². The fourth-order valence-electron chi connectivity index (χ4n) is 3.42. The molecular formula is C14H19N3O3. The zero-order valence-electron chi connectivity index (χ0n) is 11.7. The Morgan fingerprint density at radius 1 is 1.40 bits per heavy atom. The number of carbonyl (C=O) groups is 2. The summed E-state index contributed by atoms with van der Waals surface area (Å²) < 4.78 is 4.96. The van der Waals surface area contributed by atoms with Gasteiger partial charge in [0.05, 0.1) is 17.9 Å². The zero-order valence-corrected chi connectivity index (χ0v) is 11.7. The van der Waals surface area contributed by atoms with Crippen LogP contribution in [0.1, 0.15) is 16.8 Å². The molecule has 0 unspecified atom stereocenters. The first kappa shape index (κ1) is 13.2. The number of nitrogens with zero attached hydrogens (tertiary/aromatic N) is 2. The van der Waals surface area contributed by atoms with Crippen molar-refractivity contribution < 1.29 is 14.0 Å². The van der Waals surface area contributed by atoms with E-state index in [1.807, 2.05) is 11.9 Å². The third-order valence-electron chi connectivity index (χ3n) is 4.55. The van der Waals surface area contributed by atoms with E-state index in [4.69, 9.17) is 4.42 Å². The zero-order chi connectivity index (χ0) is 14.3. The van der Waals surface area contributed by atoms with E-state index in [9.17, 15) is 9.59 Å².